The first-order valence-corrected chi connectivity index (χ1v) is 9.06. The number of nitrogens with one attached hydrogen (secondary N) is 2. The Bertz CT molecular complexity index is 625. The fourth-order valence-electron chi connectivity index (χ4n) is 3.36. The first-order valence-electron chi connectivity index (χ1n) is 9.06. The highest BCUT2D eigenvalue weighted by atomic mass is 16.2. The molecule has 24 heavy (non-hydrogen) atoms. The lowest BCUT2D eigenvalue weighted by molar-refractivity contribution is -0.128. The van der Waals surface area contributed by atoms with E-state index in [1.807, 2.05) is 11.0 Å². The van der Waals surface area contributed by atoms with Crippen molar-refractivity contribution in [1.29, 1.82) is 0 Å². The molecule has 1 aromatic rings. The maximum Gasteiger partial charge on any atom is 0.319 e. The van der Waals surface area contributed by atoms with E-state index in [9.17, 15) is 9.59 Å². The molecule has 1 aromatic carbocycles. The molecular weight excluding hydrogens is 302 g/mol. The van der Waals surface area contributed by atoms with Gasteiger partial charge in [-0.05, 0) is 42.9 Å². The van der Waals surface area contributed by atoms with E-state index in [4.69, 9.17) is 0 Å². The number of hydrogen-bond acceptors (Lipinski definition) is 2. The Kier molecular flexibility index (Phi) is 5.07. The number of carbonyl (C=O) groups excluding carboxylic acids is 2. The van der Waals surface area contributed by atoms with Gasteiger partial charge >= 0.3 is 6.03 Å². The van der Waals surface area contributed by atoms with Gasteiger partial charge in [0.2, 0.25) is 5.91 Å². The summed E-state index contributed by atoms with van der Waals surface area (Å²) in [6, 6.07) is 6.53. The van der Waals surface area contributed by atoms with Gasteiger partial charge in [-0.25, -0.2) is 4.79 Å². The van der Waals surface area contributed by atoms with Crippen LogP contribution in [0.5, 0.6) is 0 Å². The Morgan fingerprint density at radius 3 is 2.71 bits per heavy atom. The van der Waals surface area contributed by atoms with Gasteiger partial charge in [0, 0.05) is 37.2 Å². The fourth-order valence-corrected chi connectivity index (χ4v) is 3.36. The van der Waals surface area contributed by atoms with Crippen LogP contribution in [-0.4, -0.2) is 36.0 Å². The average molecular weight is 329 g/mol. The van der Waals surface area contributed by atoms with Crippen molar-refractivity contribution in [3.05, 3.63) is 29.3 Å². The van der Waals surface area contributed by atoms with Gasteiger partial charge in [0.1, 0.15) is 0 Å². The molecule has 1 saturated heterocycles. The highest BCUT2D eigenvalue weighted by Gasteiger charge is 2.39. The predicted octanol–water partition coefficient (Wildman–Crippen LogP) is 2.94. The van der Waals surface area contributed by atoms with E-state index < -0.39 is 0 Å². The molecule has 5 nitrogen and oxygen atoms in total. The molecule has 1 aliphatic carbocycles. The lowest BCUT2D eigenvalue weighted by Gasteiger charge is -2.16. The van der Waals surface area contributed by atoms with Gasteiger partial charge in [0.15, 0.2) is 0 Å². The van der Waals surface area contributed by atoms with E-state index in [2.05, 4.69) is 36.6 Å². The highest BCUT2D eigenvalue weighted by molar-refractivity contribution is 5.90. The number of hydrogen-bond donors (Lipinski definition) is 2. The third-order valence-corrected chi connectivity index (χ3v) is 4.99. The van der Waals surface area contributed by atoms with Gasteiger partial charge in [0.25, 0.3) is 0 Å². The maximum absolute atomic E-state index is 12.2. The summed E-state index contributed by atoms with van der Waals surface area (Å²) in [4.78, 5) is 26.2. The van der Waals surface area contributed by atoms with Gasteiger partial charge in [-0.1, -0.05) is 26.0 Å². The molecule has 0 bridgehead atoms. The van der Waals surface area contributed by atoms with Crippen molar-refractivity contribution in [2.75, 3.05) is 18.4 Å². The minimum atomic E-state index is -0.185. The van der Waals surface area contributed by atoms with Crippen LogP contribution >= 0.6 is 0 Å². The Morgan fingerprint density at radius 1 is 1.25 bits per heavy atom. The van der Waals surface area contributed by atoms with Crippen molar-refractivity contribution in [1.82, 2.24) is 10.2 Å². The minimum Gasteiger partial charge on any atom is -0.339 e. The number of rotatable bonds is 6. The number of likely N-dealkylation sites (tertiary alicyclic amines) is 1. The van der Waals surface area contributed by atoms with Crippen molar-refractivity contribution < 1.29 is 9.59 Å². The third-order valence-electron chi connectivity index (χ3n) is 4.99. The molecule has 1 atom stereocenters. The van der Waals surface area contributed by atoms with Gasteiger partial charge < -0.3 is 15.5 Å². The Morgan fingerprint density at radius 2 is 2.04 bits per heavy atom. The van der Waals surface area contributed by atoms with E-state index in [0.717, 1.165) is 43.5 Å². The highest BCUT2D eigenvalue weighted by Crippen LogP contribution is 2.32. The molecule has 3 rings (SSSR count). The smallest absolute Gasteiger partial charge is 0.319 e. The Balaban J connectivity index is 1.52. The quantitative estimate of drug-likeness (QED) is 0.843. The van der Waals surface area contributed by atoms with E-state index >= 15 is 0 Å². The molecule has 1 aliphatic heterocycles. The van der Waals surface area contributed by atoms with E-state index in [1.54, 1.807) is 0 Å². The van der Waals surface area contributed by atoms with Crippen LogP contribution < -0.4 is 10.6 Å². The average Bonchev–Trinajstić information content (AvgIpc) is 3.35. The summed E-state index contributed by atoms with van der Waals surface area (Å²) in [5.74, 6) is 0.477. The molecule has 0 radical (unpaired) electrons. The van der Waals surface area contributed by atoms with Crippen molar-refractivity contribution >= 4 is 17.6 Å². The van der Waals surface area contributed by atoms with Crippen molar-refractivity contribution in [3.63, 3.8) is 0 Å². The second-order valence-corrected chi connectivity index (χ2v) is 6.88. The topological polar surface area (TPSA) is 61.4 Å². The van der Waals surface area contributed by atoms with Gasteiger partial charge in [-0.2, -0.15) is 0 Å². The number of anilines is 1. The number of benzene rings is 1. The summed E-state index contributed by atoms with van der Waals surface area (Å²) in [5.41, 5.74) is 3.23. The Hall–Kier alpha value is -2.04. The number of aryl methyl sites for hydroxylation is 2. The normalized spacial score (nSPS) is 20.3. The van der Waals surface area contributed by atoms with E-state index in [-0.39, 0.29) is 17.9 Å². The molecule has 2 fully saturated rings. The van der Waals surface area contributed by atoms with Crippen LogP contribution in [0.25, 0.3) is 0 Å². The zero-order valence-corrected chi connectivity index (χ0v) is 14.6. The molecule has 2 aliphatic rings. The summed E-state index contributed by atoms with van der Waals surface area (Å²) in [6.45, 7) is 5.53. The summed E-state index contributed by atoms with van der Waals surface area (Å²) >= 11 is 0. The summed E-state index contributed by atoms with van der Waals surface area (Å²) in [7, 11) is 0. The van der Waals surface area contributed by atoms with Crippen LogP contribution in [0.2, 0.25) is 0 Å². The molecule has 1 heterocycles. The van der Waals surface area contributed by atoms with Gasteiger partial charge in [-0.3, -0.25) is 4.79 Å². The molecule has 1 saturated carbocycles. The van der Waals surface area contributed by atoms with Crippen LogP contribution in [-0.2, 0) is 17.6 Å². The van der Waals surface area contributed by atoms with Gasteiger partial charge in [-0.15, -0.1) is 0 Å². The second-order valence-electron chi connectivity index (χ2n) is 6.88. The van der Waals surface area contributed by atoms with E-state index in [1.165, 1.54) is 5.56 Å². The van der Waals surface area contributed by atoms with Gasteiger partial charge in [0.05, 0.1) is 0 Å². The molecule has 0 spiro atoms. The lowest BCUT2D eigenvalue weighted by Crippen LogP contribution is -2.34. The molecule has 0 unspecified atom stereocenters. The van der Waals surface area contributed by atoms with E-state index in [0.29, 0.717) is 19.0 Å². The SMILES string of the molecule is CCc1ccc(CC)c(NC(=O)NC[C@@H]2CC(=O)N(C3CC3)C2)c1. The number of urea groups is 1. The largest absolute Gasteiger partial charge is 0.339 e. The standard InChI is InChI=1S/C19H27N3O2/c1-3-13-5-6-15(4-2)17(9-13)21-19(24)20-11-14-10-18(23)22(12-14)16-7-8-16/h5-6,9,14,16H,3-4,7-8,10-12H2,1-2H3,(H2,20,21,24)/t14-/m0/s1. The van der Waals surface area contributed by atoms with Crippen LogP contribution in [0.4, 0.5) is 10.5 Å². The lowest BCUT2D eigenvalue weighted by atomic mass is 10.1. The Labute approximate surface area is 143 Å². The second kappa shape index (κ2) is 7.24. The number of nitrogens with zero attached hydrogens (tertiary/aromatic N) is 1. The predicted molar refractivity (Wildman–Crippen MR) is 95.1 cm³/mol. The first kappa shape index (κ1) is 16.8. The fraction of sp³-hybridized carbons (Fsp3) is 0.579. The van der Waals surface area contributed by atoms with Crippen LogP contribution in [0.1, 0.15) is 44.2 Å². The van der Waals surface area contributed by atoms with Crippen LogP contribution in [0.3, 0.4) is 0 Å². The third kappa shape index (κ3) is 3.89. The summed E-state index contributed by atoms with van der Waals surface area (Å²) < 4.78 is 0. The van der Waals surface area contributed by atoms with Crippen LogP contribution in [0.15, 0.2) is 18.2 Å². The minimum absolute atomic E-state index is 0.185. The van der Waals surface area contributed by atoms with Crippen molar-refractivity contribution in [2.24, 2.45) is 5.92 Å². The zero-order chi connectivity index (χ0) is 17.1. The monoisotopic (exact) mass is 329 g/mol. The maximum atomic E-state index is 12.2. The number of amides is 3. The first-order chi connectivity index (χ1) is 11.6. The summed E-state index contributed by atoms with van der Waals surface area (Å²) in [6.07, 6.45) is 4.66. The van der Waals surface area contributed by atoms with Crippen molar-refractivity contribution in [3.8, 4) is 0 Å². The molecule has 130 valence electrons. The zero-order valence-electron chi connectivity index (χ0n) is 14.6. The molecule has 0 aromatic heterocycles. The van der Waals surface area contributed by atoms with Crippen molar-refractivity contribution in [2.45, 2.75) is 52.0 Å². The molecule has 2 N–H and O–H groups in total. The summed E-state index contributed by atoms with van der Waals surface area (Å²) in [5, 5.41) is 5.90. The molecule has 3 amide bonds. The molecular formula is C19H27N3O2. The molecule has 5 heteroatoms. The number of carbonyl (C=O) groups is 2. The van der Waals surface area contributed by atoms with Crippen LogP contribution in [0, 0.1) is 5.92 Å².